The van der Waals surface area contributed by atoms with E-state index < -0.39 is 27.8 Å². The Morgan fingerprint density at radius 1 is 1.16 bits per heavy atom. The molecule has 1 saturated heterocycles. The van der Waals surface area contributed by atoms with E-state index in [2.05, 4.69) is 20.3 Å². The van der Waals surface area contributed by atoms with E-state index in [9.17, 15) is 21.6 Å². The first-order valence-electron chi connectivity index (χ1n) is 10.2. The Balaban J connectivity index is 1.54. The summed E-state index contributed by atoms with van der Waals surface area (Å²) in [4.78, 5) is 4.38. The van der Waals surface area contributed by atoms with Gasteiger partial charge < -0.3 is 0 Å². The van der Waals surface area contributed by atoms with Crippen LogP contribution in [-0.2, 0) is 29.7 Å². The normalized spacial score (nSPS) is 23.8. The molecule has 0 saturated carbocycles. The van der Waals surface area contributed by atoms with Crippen molar-refractivity contribution in [3.63, 3.8) is 0 Å². The summed E-state index contributed by atoms with van der Waals surface area (Å²) in [6, 6.07) is 2.80. The molecule has 3 atom stereocenters. The molecule has 12 heteroatoms. The van der Waals surface area contributed by atoms with Crippen LogP contribution < -0.4 is 0 Å². The molecule has 2 aliphatic rings. The average Bonchev–Trinajstić information content (AvgIpc) is 3.32. The minimum atomic E-state index is -4.53. The monoisotopic (exact) mass is 466 g/mol. The van der Waals surface area contributed by atoms with Gasteiger partial charge in [0.2, 0.25) is 10.0 Å². The highest BCUT2D eigenvalue weighted by Crippen LogP contribution is 2.49. The van der Waals surface area contributed by atoms with E-state index in [1.807, 2.05) is 14.0 Å². The van der Waals surface area contributed by atoms with Gasteiger partial charge in [0.1, 0.15) is 11.6 Å². The van der Waals surface area contributed by atoms with Crippen LogP contribution >= 0.6 is 0 Å². The van der Waals surface area contributed by atoms with Crippen molar-refractivity contribution in [3.8, 4) is 0 Å². The van der Waals surface area contributed by atoms with Gasteiger partial charge in [-0.15, -0.1) is 0 Å². The van der Waals surface area contributed by atoms with Gasteiger partial charge in [0.15, 0.2) is 0 Å². The summed E-state index contributed by atoms with van der Waals surface area (Å²) < 4.78 is 69.2. The Labute approximate surface area is 182 Å². The second kappa shape index (κ2) is 7.14. The molecule has 1 N–H and O–H groups in total. The Kier molecular flexibility index (Phi) is 4.71. The molecular formula is C20H21F3N6O2S. The van der Waals surface area contributed by atoms with Crippen LogP contribution in [0.2, 0.25) is 0 Å². The molecule has 2 bridgehead atoms. The van der Waals surface area contributed by atoms with Crippen LogP contribution in [0.15, 0.2) is 35.4 Å². The number of alkyl halides is 3. The number of nitrogens with zero attached hydrogens (tertiary/aromatic N) is 5. The summed E-state index contributed by atoms with van der Waals surface area (Å²) in [5.74, 6) is 1.45. The predicted octanol–water partition coefficient (Wildman–Crippen LogP) is 3.10. The predicted molar refractivity (Wildman–Crippen MR) is 107 cm³/mol. The van der Waals surface area contributed by atoms with Crippen LogP contribution in [-0.4, -0.2) is 43.7 Å². The maximum absolute atomic E-state index is 13.6. The topological polar surface area (TPSA) is 96.8 Å². The SMILES string of the molecule is Cc1nc(C2CC3Cc4[nH]ncc4C(C2)N3S(=O)(=O)c2ccc(C(F)(F)F)cc2)n(C)n1. The molecule has 1 fully saturated rings. The number of fused-ring (bicyclic) bond motifs is 4. The molecule has 0 spiro atoms. The lowest BCUT2D eigenvalue weighted by Crippen LogP contribution is -2.51. The fourth-order valence-corrected chi connectivity index (χ4v) is 6.81. The van der Waals surface area contributed by atoms with Crippen molar-refractivity contribution in [2.45, 2.75) is 55.3 Å². The van der Waals surface area contributed by atoms with Gasteiger partial charge in [-0.25, -0.2) is 13.4 Å². The fraction of sp³-hybridized carbons (Fsp3) is 0.450. The van der Waals surface area contributed by atoms with Crippen LogP contribution in [0.4, 0.5) is 13.2 Å². The van der Waals surface area contributed by atoms with Crippen molar-refractivity contribution in [2.75, 3.05) is 0 Å². The molecule has 32 heavy (non-hydrogen) atoms. The average molecular weight is 466 g/mol. The van der Waals surface area contributed by atoms with Gasteiger partial charge in [-0.05, 0) is 44.0 Å². The molecule has 3 aromatic rings. The second-order valence-corrected chi connectivity index (χ2v) is 10.2. The number of H-pyrrole nitrogens is 1. The van der Waals surface area contributed by atoms with Crippen LogP contribution in [0, 0.1) is 6.92 Å². The molecule has 2 aromatic heterocycles. The van der Waals surface area contributed by atoms with Crippen LogP contribution in [0.3, 0.4) is 0 Å². The zero-order valence-corrected chi connectivity index (χ0v) is 18.2. The molecule has 0 radical (unpaired) electrons. The quantitative estimate of drug-likeness (QED) is 0.640. The lowest BCUT2D eigenvalue weighted by molar-refractivity contribution is -0.137. The largest absolute Gasteiger partial charge is 0.416 e. The van der Waals surface area contributed by atoms with Crippen LogP contribution in [0.5, 0.6) is 0 Å². The third-order valence-corrected chi connectivity index (χ3v) is 8.28. The first-order chi connectivity index (χ1) is 15.1. The van der Waals surface area contributed by atoms with Gasteiger partial charge in [0.05, 0.1) is 22.7 Å². The van der Waals surface area contributed by atoms with Crippen molar-refractivity contribution >= 4 is 10.0 Å². The molecule has 0 amide bonds. The maximum Gasteiger partial charge on any atom is 0.416 e. The standard InChI is InChI=1S/C20H21F3N6O2S/c1-11-25-19(28(2)27-11)12-7-14-9-17-16(10-24-26-17)18(8-12)29(14)32(30,31)15-5-3-13(4-6-15)20(21,22)23/h3-6,10,12,14,18H,7-9H2,1-2H3,(H,24,26). The van der Waals surface area contributed by atoms with Gasteiger partial charge in [-0.1, -0.05) is 0 Å². The number of hydrogen-bond acceptors (Lipinski definition) is 5. The van der Waals surface area contributed by atoms with Gasteiger partial charge in [-0.3, -0.25) is 9.78 Å². The highest BCUT2D eigenvalue weighted by Gasteiger charge is 2.49. The Morgan fingerprint density at radius 3 is 2.50 bits per heavy atom. The van der Waals surface area contributed by atoms with Gasteiger partial charge >= 0.3 is 6.18 Å². The zero-order valence-electron chi connectivity index (χ0n) is 17.3. The van der Waals surface area contributed by atoms with Crippen LogP contribution in [0.1, 0.15) is 53.3 Å². The zero-order chi connectivity index (χ0) is 22.8. The molecule has 5 rings (SSSR count). The second-order valence-electron chi connectivity index (χ2n) is 8.34. The number of rotatable bonds is 3. The highest BCUT2D eigenvalue weighted by molar-refractivity contribution is 7.89. The van der Waals surface area contributed by atoms with E-state index in [-0.39, 0.29) is 16.9 Å². The summed E-state index contributed by atoms with van der Waals surface area (Å²) in [5.41, 5.74) is 0.803. The van der Waals surface area contributed by atoms with E-state index in [0.29, 0.717) is 25.1 Å². The van der Waals surface area contributed by atoms with Crippen molar-refractivity contribution < 1.29 is 21.6 Å². The number of piperidine rings is 1. The number of hydrogen-bond donors (Lipinski definition) is 1. The first kappa shape index (κ1) is 21.1. The minimum absolute atomic E-state index is 0.00157. The summed E-state index contributed by atoms with van der Waals surface area (Å²) in [6.45, 7) is 1.81. The molecule has 1 aromatic carbocycles. The maximum atomic E-state index is 13.6. The van der Waals surface area contributed by atoms with E-state index in [1.54, 1.807) is 10.9 Å². The fourth-order valence-electron chi connectivity index (χ4n) is 5.00. The van der Waals surface area contributed by atoms with Crippen LogP contribution in [0.25, 0.3) is 0 Å². The van der Waals surface area contributed by atoms with Crippen molar-refractivity contribution in [3.05, 3.63) is 58.9 Å². The molecule has 170 valence electrons. The Bertz CT molecular complexity index is 1270. The number of halogens is 3. The number of benzene rings is 1. The summed E-state index contributed by atoms with van der Waals surface area (Å²) >= 11 is 0. The lowest BCUT2D eigenvalue weighted by Gasteiger charge is -2.46. The number of aryl methyl sites for hydroxylation is 2. The number of aromatic amines is 1. The van der Waals surface area contributed by atoms with E-state index in [0.717, 1.165) is 41.3 Å². The number of aromatic nitrogens is 5. The molecule has 3 unspecified atom stereocenters. The van der Waals surface area contributed by atoms with Crippen molar-refractivity contribution in [1.82, 2.24) is 29.3 Å². The summed E-state index contributed by atoms with van der Waals surface area (Å²) in [5, 5.41) is 11.4. The smallest absolute Gasteiger partial charge is 0.282 e. The highest BCUT2D eigenvalue weighted by atomic mass is 32.2. The minimum Gasteiger partial charge on any atom is -0.282 e. The van der Waals surface area contributed by atoms with Crippen molar-refractivity contribution in [2.24, 2.45) is 7.05 Å². The molecule has 2 aliphatic heterocycles. The van der Waals surface area contributed by atoms with E-state index in [4.69, 9.17) is 0 Å². The molecule has 4 heterocycles. The number of nitrogens with one attached hydrogen (secondary N) is 1. The van der Waals surface area contributed by atoms with Gasteiger partial charge in [-0.2, -0.15) is 27.7 Å². The molecule has 0 aliphatic carbocycles. The lowest BCUT2D eigenvalue weighted by atomic mass is 9.79. The third kappa shape index (κ3) is 3.32. The molecular weight excluding hydrogens is 445 g/mol. The summed E-state index contributed by atoms with van der Waals surface area (Å²) in [7, 11) is -2.21. The van der Waals surface area contributed by atoms with E-state index >= 15 is 0 Å². The van der Waals surface area contributed by atoms with E-state index in [1.165, 1.54) is 4.31 Å². The number of sulfonamides is 1. The Hall–Kier alpha value is -2.73. The summed E-state index contributed by atoms with van der Waals surface area (Å²) in [6.07, 6.45) is -1.44. The van der Waals surface area contributed by atoms with Gasteiger partial charge in [0.25, 0.3) is 0 Å². The first-order valence-corrected chi connectivity index (χ1v) is 11.6. The molecule has 8 nitrogen and oxygen atoms in total. The Morgan fingerprint density at radius 2 is 1.88 bits per heavy atom. The third-order valence-electron chi connectivity index (χ3n) is 6.31. The van der Waals surface area contributed by atoms with Crippen molar-refractivity contribution in [1.29, 1.82) is 0 Å². The van der Waals surface area contributed by atoms with Gasteiger partial charge in [0, 0.05) is 36.7 Å².